The van der Waals surface area contributed by atoms with Gasteiger partial charge in [-0.2, -0.15) is 0 Å². The minimum Gasteiger partial charge on any atom is -0.496 e. The maximum absolute atomic E-state index is 11.9. The van der Waals surface area contributed by atoms with Gasteiger partial charge in [-0.15, -0.1) is 12.4 Å². The molecule has 2 rings (SSSR count). The first-order valence-corrected chi connectivity index (χ1v) is 7.55. The number of carbonyl (C=O) groups is 1. The van der Waals surface area contributed by atoms with Gasteiger partial charge in [0.1, 0.15) is 5.75 Å². The largest absolute Gasteiger partial charge is 0.496 e. The van der Waals surface area contributed by atoms with Gasteiger partial charge < -0.3 is 15.8 Å². The molecule has 1 aromatic rings. The smallest absolute Gasteiger partial charge is 0.234 e. The monoisotopic (exact) mass is 327 g/mol. The highest BCUT2D eigenvalue weighted by Crippen LogP contribution is 2.17. The van der Waals surface area contributed by atoms with Crippen LogP contribution in [0, 0.1) is 0 Å². The standard InChI is InChI=1S/C16H25N3O2.ClH/c1-21-15-5-3-2-4-13(15)6-9-18-16(20)12-19-10-7-14(17)8-11-19;/h2-5,14H,6-12,17H2,1H3,(H,18,20);1H. The predicted octanol–water partition coefficient (Wildman–Crippen LogP) is 1.20. The van der Waals surface area contributed by atoms with E-state index in [1.807, 2.05) is 24.3 Å². The maximum atomic E-state index is 11.9. The first-order valence-electron chi connectivity index (χ1n) is 7.55. The van der Waals surface area contributed by atoms with Gasteiger partial charge in [-0.25, -0.2) is 0 Å². The van der Waals surface area contributed by atoms with E-state index < -0.39 is 0 Å². The molecule has 0 atom stereocenters. The van der Waals surface area contributed by atoms with Crippen molar-refractivity contribution in [3.63, 3.8) is 0 Å². The molecule has 0 unspecified atom stereocenters. The average Bonchev–Trinajstić information content (AvgIpc) is 2.50. The zero-order chi connectivity index (χ0) is 15.1. The van der Waals surface area contributed by atoms with Crippen LogP contribution in [-0.4, -0.2) is 50.1 Å². The molecule has 5 nitrogen and oxygen atoms in total. The molecule has 0 aromatic heterocycles. The van der Waals surface area contributed by atoms with Crippen molar-refractivity contribution in [2.24, 2.45) is 5.73 Å². The molecule has 6 heteroatoms. The molecule has 1 saturated heterocycles. The topological polar surface area (TPSA) is 67.6 Å². The highest BCUT2D eigenvalue weighted by atomic mass is 35.5. The van der Waals surface area contributed by atoms with Crippen LogP contribution in [0.25, 0.3) is 0 Å². The van der Waals surface area contributed by atoms with Crippen molar-refractivity contribution in [3.8, 4) is 5.75 Å². The maximum Gasteiger partial charge on any atom is 0.234 e. The summed E-state index contributed by atoms with van der Waals surface area (Å²) in [6.45, 7) is 2.94. The Morgan fingerprint density at radius 2 is 2.05 bits per heavy atom. The van der Waals surface area contributed by atoms with Gasteiger partial charge in [-0.1, -0.05) is 18.2 Å². The lowest BCUT2D eigenvalue weighted by molar-refractivity contribution is -0.122. The minimum atomic E-state index is 0. The molecule has 3 N–H and O–H groups in total. The summed E-state index contributed by atoms with van der Waals surface area (Å²) < 4.78 is 5.30. The fourth-order valence-corrected chi connectivity index (χ4v) is 2.62. The third kappa shape index (κ3) is 5.83. The molecular weight excluding hydrogens is 302 g/mol. The second kappa shape index (κ2) is 9.66. The third-order valence-electron chi connectivity index (χ3n) is 3.91. The van der Waals surface area contributed by atoms with Crippen LogP contribution in [0.5, 0.6) is 5.75 Å². The SMILES string of the molecule is COc1ccccc1CCNC(=O)CN1CCC(N)CC1.Cl. The number of rotatable bonds is 6. The summed E-state index contributed by atoms with van der Waals surface area (Å²) in [6, 6.07) is 8.19. The molecule has 0 spiro atoms. The Kier molecular flexibility index (Phi) is 8.24. The number of methoxy groups -OCH3 is 1. The van der Waals surface area contributed by atoms with E-state index in [0.29, 0.717) is 19.1 Å². The van der Waals surface area contributed by atoms with E-state index in [-0.39, 0.29) is 18.3 Å². The highest BCUT2D eigenvalue weighted by molar-refractivity contribution is 5.85. The number of likely N-dealkylation sites (tertiary alicyclic amines) is 1. The second-order valence-corrected chi connectivity index (χ2v) is 5.53. The first-order chi connectivity index (χ1) is 10.2. The van der Waals surface area contributed by atoms with E-state index in [9.17, 15) is 4.79 Å². The molecule has 0 bridgehead atoms. The molecule has 1 amide bonds. The van der Waals surface area contributed by atoms with Crippen LogP contribution in [0.2, 0.25) is 0 Å². The molecule has 0 saturated carbocycles. The van der Waals surface area contributed by atoms with Crippen molar-refractivity contribution >= 4 is 18.3 Å². The zero-order valence-electron chi connectivity index (χ0n) is 13.1. The predicted molar refractivity (Wildman–Crippen MR) is 90.6 cm³/mol. The summed E-state index contributed by atoms with van der Waals surface area (Å²) in [6.07, 6.45) is 2.74. The van der Waals surface area contributed by atoms with Crippen LogP contribution in [0.3, 0.4) is 0 Å². The quantitative estimate of drug-likeness (QED) is 0.824. The van der Waals surface area contributed by atoms with Crippen molar-refractivity contribution < 1.29 is 9.53 Å². The van der Waals surface area contributed by atoms with Gasteiger partial charge in [0.25, 0.3) is 0 Å². The Morgan fingerprint density at radius 3 is 2.73 bits per heavy atom. The molecule has 0 aliphatic carbocycles. The Balaban J connectivity index is 0.00000242. The summed E-state index contributed by atoms with van der Waals surface area (Å²) in [5.41, 5.74) is 6.98. The lowest BCUT2D eigenvalue weighted by Gasteiger charge is -2.29. The number of hydrogen-bond donors (Lipinski definition) is 2. The van der Waals surface area contributed by atoms with E-state index >= 15 is 0 Å². The van der Waals surface area contributed by atoms with Gasteiger partial charge >= 0.3 is 0 Å². The van der Waals surface area contributed by atoms with Crippen molar-refractivity contribution in [2.45, 2.75) is 25.3 Å². The zero-order valence-corrected chi connectivity index (χ0v) is 13.9. The lowest BCUT2D eigenvalue weighted by atomic mass is 10.1. The molecule has 1 fully saturated rings. The number of nitrogens with two attached hydrogens (primary N) is 1. The Hall–Kier alpha value is -1.30. The molecular formula is C16H26ClN3O2. The van der Waals surface area contributed by atoms with E-state index in [2.05, 4.69) is 10.2 Å². The van der Waals surface area contributed by atoms with Crippen LogP contribution < -0.4 is 15.8 Å². The van der Waals surface area contributed by atoms with Gasteiger partial charge in [0.05, 0.1) is 13.7 Å². The van der Waals surface area contributed by atoms with Crippen LogP contribution in [0.4, 0.5) is 0 Å². The fraction of sp³-hybridized carbons (Fsp3) is 0.562. The Bertz CT molecular complexity index is 462. The Morgan fingerprint density at radius 1 is 1.36 bits per heavy atom. The number of halogens is 1. The number of hydrogen-bond acceptors (Lipinski definition) is 4. The number of benzene rings is 1. The number of carbonyl (C=O) groups excluding carboxylic acids is 1. The van der Waals surface area contributed by atoms with Crippen LogP contribution in [0.15, 0.2) is 24.3 Å². The summed E-state index contributed by atoms with van der Waals surface area (Å²) in [5, 5.41) is 2.97. The molecule has 1 aromatic carbocycles. The van der Waals surface area contributed by atoms with E-state index in [1.54, 1.807) is 7.11 Å². The van der Waals surface area contributed by atoms with Crippen LogP contribution in [-0.2, 0) is 11.2 Å². The normalized spacial score (nSPS) is 15.9. The minimum absolute atomic E-state index is 0. The first kappa shape index (κ1) is 18.7. The van der Waals surface area contributed by atoms with Crippen LogP contribution in [0.1, 0.15) is 18.4 Å². The number of para-hydroxylation sites is 1. The fourth-order valence-electron chi connectivity index (χ4n) is 2.62. The molecule has 1 aliphatic rings. The van der Waals surface area contributed by atoms with Gasteiger partial charge in [-0.3, -0.25) is 9.69 Å². The van der Waals surface area contributed by atoms with Crippen LogP contribution >= 0.6 is 12.4 Å². The van der Waals surface area contributed by atoms with E-state index in [4.69, 9.17) is 10.5 Å². The Labute approximate surface area is 138 Å². The van der Waals surface area contributed by atoms with E-state index in [0.717, 1.165) is 43.7 Å². The van der Waals surface area contributed by atoms with E-state index in [1.165, 1.54) is 0 Å². The van der Waals surface area contributed by atoms with Crippen molar-refractivity contribution in [2.75, 3.05) is 33.3 Å². The van der Waals surface area contributed by atoms with Crippen molar-refractivity contribution in [3.05, 3.63) is 29.8 Å². The second-order valence-electron chi connectivity index (χ2n) is 5.53. The van der Waals surface area contributed by atoms with Crippen molar-refractivity contribution in [1.29, 1.82) is 0 Å². The molecule has 22 heavy (non-hydrogen) atoms. The summed E-state index contributed by atoms with van der Waals surface area (Å²) in [7, 11) is 1.67. The number of ether oxygens (including phenoxy) is 1. The highest BCUT2D eigenvalue weighted by Gasteiger charge is 2.17. The third-order valence-corrected chi connectivity index (χ3v) is 3.91. The van der Waals surface area contributed by atoms with Gasteiger partial charge in [0.2, 0.25) is 5.91 Å². The van der Waals surface area contributed by atoms with Gasteiger partial charge in [0.15, 0.2) is 0 Å². The number of nitrogens with zero attached hydrogens (tertiary/aromatic N) is 1. The summed E-state index contributed by atoms with van der Waals surface area (Å²) in [5.74, 6) is 0.956. The number of nitrogens with one attached hydrogen (secondary N) is 1. The molecule has 1 aliphatic heterocycles. The number of piperidine rings is 1. The molecule has 1 heterocycles. The van der Waals surface area contributed by atoms with Crippen molar-refractivity contribution in [1.82, 2.24) is 10.2 Å². The average molecular weight is 328 g/mol. The van der Waals surface area contributed by atoms with Gasteiger partial charge in [0, 0.05) is 25.7 Å². The lowest BCUT2D eigenvalue weighted by Crippen LogP contribution is -2.44. The van der Waals surface area contributed by atoms with Gasteiger partial charge in [-0.05, 0) is 30.9 Å². The summed E-state index contributed by atoms with van der Waals surface area (Å²) in [4.78, 5) is 14.1. The molecule has 0 radical (unpaired) electrons. The summed E-state index contributed by atoms with van der Waals surface area (Å²) >= 11 is 0. The molecule has 124 valence electrons. The number of amides is 1.